The summed E-state index contributed by atoms with van der Waals surface area (Å²) in [5, 5.41) is 0. The molecule has 1 aromatic rings. The largest absolute Gasteiger partial charge is 0.465 e. The number of esters is 1. The molecule has 0 unspecified atom stereocenters. The first-order valence-electron chi connectivity index (χ1n) is 8.19. The molecule has 1 fully saturated rings. The zero-order valence-corrected chi connectivity index (χ0v) is 8.23. The first-order chi connectivity index (χ1) is 9.93. The smallest absolute Gasteiger partial charge is 0.309 e. The predicted molar refractivity (Wildman–Crippen MR) is 55.1 cm³/mol. The lowest BCUT2D eigenvalue weighted by Gasteiger charge is -2.12. The molecule has 0 saturated carbocycles. The van der Waals surface area contributed by atoms with Gasteiger partial charge < -0.3 is 9.30 Å². The molecule has 82 valence electrons. The number of nitrogens with zero attached hydrogens (tertiary/aromatic N) is 2. The third kappa shape index (κ3) is 1.89. The van der Waals surface area contributed by atoms with Gasteiger partial charge in [0.25, 0.3) is 0 Å². The first kappa shape index (κ1) is 4.68. The van der Waals surface area contributed by atoms with Gasteiger partial charge in [-0.1, -0.05) is 6.92 Å². The number of carbonyl (C=O) groups excluding carboxylic acids is 1. The first-order valence-corrected chi connectivity index (χ1v) is 4.69. The van der Waals surface area contributed by atoms with Crippen LogP contribution in [0.1, 0.15) is 28.6 Å². The zero-order valence-electron chi connectivity index (χ0n) is 15.2. The van der Waals surface area contributed by atoms with Crippen LogP contribution < -0.4 is 0 Å². The van der Waals surface area contributed by atoms with E-state index in [9.17, 15) is 4.79 Å². The molecule has 1 saturated heterocycles. The monoisotopic (exact) mass is 215 g/mol. The molecule has 1 aliphatic rings. The average Bonchev–Trinajstić information content (AvgIpc) is 2.90. The minimum Gasteiger partial charge on any atom is -0.465 e. The van der Waals surface area contributed by atoms with E-state index >= 15 is 0 Å². The molecule has 2 atom stereocenters. The lowest BCUT2D eigenvalue weighted by atomic mass is 9.89. The summed E-state index contributed by atoms with van der Waals surface area (Å²) >= 11 is 0. The topological polar surface area (TPSA) is 44.1 Å². The van der Waals surface area contributed by atoms with Crippen LogP contribution in [0.4, 0.5) is 0 Å². The van der Waals surface area contributed by atoms with Gasteiger partial charge in [0.15, 0.2) is 0 Å². The number of aromatic nitrogens is 2. The molecular formula is C11H16N2O2. The number of ether oxygens (including phenoxy) is 1. The van der Waals surface area contributed by atoms with Crippen LogP contribution in [0.3, 0.4) is 0 Å². The highest BCUT2D eigenvalue weighted by atomic mass is 16.5. The zero-order chi connectivity index (χ0) is 16.9. The van der Waals surface area contributed by atoms with E-state index < -0.39 is 37.7 Å². The molecule has 4 heteroatoms. The summed E-state index contributed by atoms with van der Waals surface area (Å²) in [6.07, 6.45) is -0.252. The minimum absolute atomic E-state index is 0.185. The molecule has 0 aromatic carbocycles. The number of cyclic esters (lactones) is 1. The lowest BCUT2D eigenvalue weighted by molar-refractivity contribution is -0.141. The molecule has 4 nitrogen and oxygen atoms in total. The number of aryl methyl sites for hydroxylation is 1. The van der Waals surface area contributed by atoms with Crippen molar-refractivity contribution >= 4 is 5.97 Å². The molecule has 1 aliphatic heterocycles. The van der Waals surface area contributed by atoms with Gasteiger partial charge in [-0.05, 0) is 12.8 Å². The van der Waals surface area contributed by atoms with Crippen LogP contribution in [-0.2, 0) is 22.9 Å². The molecular weight excluding hydrogens is 192 g/mol. The van der Waals surface area contributed by atoms with Crippen LogP contribution in [0.5, 0.6) is 0 Å². The van der Waals surface area contributed by atoms with Gasteiger partial charge in [-0.3, -0.25) is 4.79 Å². The van der Waals surface area contributed by atoms with Crippen LogP contribution in [0.2, 0.25) is 0 Å². The molecule has 2 heterocycles. The third-order valence-electron chi connectivity index (χ3n) is 2.37. The van der Waals surface area contributed by atoms with Crippen molar-refractivity contribution in [2.75, 3.05) is 6.56 Å². The Morgan fingerprint density at radius 2 is 2.80 bits per heavy atom. The summed E-state index contributed by atoms with van der Waals surface area (Å²) in [4.78, 5) is 15.4. The van der Waals surface area contributed by atoms with Gasteiger partial charge >= 0.3 is 5.97 Å². The summed E-state index contributed by atoms with van der Waals surface area (Å²) < 4.78 is 59.7. The van der Waals surface area contributed by atoms with Crippen LogP contribution in [0, 0.1) is 11.8 Å². The van der Waals surface area contributed by atoms with Crippen molar-refractivity contribution in [3.63, 3.8) is 0 Å². The second kappa shape index (κ2) is 4.04. The molecule has 0 amide bonds. The average molecular weight is 215 g/mol. The third-order valence-corrected chi connectivity index (χ3v) is 2.37. The van der Waals surface area contributed by atoms with Gasteiger partial charge in [0, 0.05) is 31.6 Å². The Morgan fingerprint density at radius 1 is 1.93 bits per heavy atom. The van der Waals surface area contributed by atoms with Crippen LogP contribution in [0.15, 0.2) is 12.5 Å². The Labute approximate surface area is 99.1 Å². The van der Waals surface area contributed by atoms with Crippen molar-refractivity contribution in [1.29, 1.82) is 0 Å². The second-order valence-corrected chi connectivity index (χ2v) is 3.32. The maximum atomic E-state index is 11.8. The highest BCUT2D eigenvalue weighted by Gasteiger charge is 2.35. The molecule has 0 N–H and O–H groups in total. The van der Waals surface area contributed by atoms with E-state index in [4.69, 9.17) is 9.60 Å². The van der Waals surface area contributed by atoms with Crippen molar-refractivity contribution in [3.8, 4) is 0 Å². The fraction of sp³-hybridized carbons (Fsp3) is 0.636. The van der Waals surface area contributed by atoms with Gasteiger partial charge in [0.2, 0.25) is 0 Å². The van der Waals surface area contributed by atoms with Crippen molar-refractivity contribution in [2.24, 2.45) is 18.8 Å². The SMILES string of the molecule is [2H]C1([2H])OC(=O)[C@@H](CC)[C@H]1C([2H])([2H])c1cncn1C([2H])([2H])[2H]. The van der Waals surface area contributed by atoms with Gasteiger partial charge in [-0.25, -0.2) is 4.98 Å². The maximum absolute atomic E-state index is 11.8. The standard InChI is InChI=1S/C11H16N2O2/c1-3-10-8(6-15-11(10)14)4-9-5-12-7-13(9)2/h5,7-8,10H,3-4,6H2,1-2H3/t8-,10-/m0/s1/i2D3,4D2,6D2. The van der Waals surface area contributed by atoms with Crippen LogP contribution in [-0.4, -0.2) is 22.1 Å². The predicted octanol–water partition coefficient (Wildman–Crippen LogP) is 1.16. The Kier molecular flexibility index (Phi) is 1.26. The Hall–Kier alpha value is -1.32. The van der Waals surface area contributed by atoms with E-state index in [1.54, 1.807) is 6.92 Å². The summed E-state index contributed by atoms with van der Waals surface area (Å²) in [6, 6.07) is 0. The molecule has 0 aliphatic carbocycles. The van der Waals surface area contributed by atoms with E-state index in [-0.39, 0.29) is 12.1 Å². The summed E-state index contributed by atoms with van der Waals surface area (Å²) in [7, 11) is 0. The Bertz CT molecular complexity index is 581. The molecule has 0 spiro atoms. The van der Waals surface area contributed by atoms with Crippen molar-refractivity contribution in [3.05, 3.63) is 18.2 Å². The Morgan fingerprint density at radius 3 is 3.53 bits per heavy atom. The highest BCUT2D eigenvalue weighted by Crippen LogP contribution is 2.27. The Balaban J connectivity index is 2.54. The van der Waals surface area contributed by atoms with Crippen molar-refractivity contribution < 1.29 is 19.1 Å². The summed E-state index contributed by atoms with van der Waals surface area (Å²) in [5.74, 6) is -3.28. The molecule has 0 radical (unpaired) electrons. The normalized spacial score (nSPS) is 37.7. The number of carbonyl (C=O) groups is 1. The second-order valence-electron chi connectivity index (χ2n) is 3.32. The molecule has 0 bridgehead atoms. The summed E-state index contributed by atoms with van der Waals surface area (Å²) in [5.41, 5.74) is -0.307. The van der Waals surface area contributed by atoms with E-state index in [1.807, 2.05) is 0 Å². The van der Waals surface area contributed by atoms with E-state index in [1.165, 1.54) is 0 Å². The van der Waals surface area contributed by atoms with Gasteiger partial charge in [-0.15, -0.1) is 0 Å². The van der Waals surface area contributed by atoms with Gasteiger partial charge in [-0.2, -0.15) is 0 Å². The number of hydrogen-bond donors (Lipinski definition) is 0. The van der Waals surface area contributed by atoms with Crippen molar-refractivity contribution in [2.45, 2.75) is 19.7 Å². The van der Waals surface area contributed by atoms with E-state index in [2.05, 4.69) is 9.72 Å². The summed E-state index contributed by atoms with van der Waals surface area (Å²) in [6.45, 7) is -3.56. The molecule has 2 rings (SSSR count). The van der Waals surface area contributed by atoms with Gasteiger partial charge in [0.05, 0.1) is 21.5 Å². The van der Waals surface area contributed by atoms with E-state index in [0.717, 1.165) is 12.5 Å². The van der Waals surface area contributed by atoms with Crippen LogP contribution >= 0.6 is 0 Å². The number of imidazole rings is 1. The van der Waals surface area contributed by atoms with Gasteiger partial charge in [0.1, 0.15) is 0 Å². The van der Waals surface area contributed by atoms with Crippen LogP contribution in [0.25, 0.3) is 0 Å². The number of rotatable bonds is 3. The molecule has 15 heavy (non-hydrogen) atoms. The minimum atomic E-state index is -2.66. The number of hydrogen-bond acceptors (Lipinski definition) is 3. The fourth-order valence-corrected chi connectivity index (χ4v) is 1.51. The highest BCUT2D eigenvalue weighted by molar-refractivity contribution is 5.74. The lowest BCUT2D eigenvalue weighted by Crippen LogP contribution is -2.18. The fourth-order valence-electron chi connectivity index (χ4n) is 1.51. The van der Waals surface area contributed by atoms with Crippen molar-refractivity contribution in [1.82, 2.24) is 9.55 Å². The molecule has 1 aromatic heterocycles. The maximum Gasteiger partial charge on any atom is 0.309 e. The van der Waals surface area contributed by atoms with E-state index in [0.29, 0.717) is 4.57 Å². The quantitative estimate of drug-likeness (QED) is 0.711.